The summed E-state index contributed by atoms with van der Waals surface area (Å²) in [6, 6.07) is 26.4. The Morgan fingerprint density at radius 3 is 2.43 bits per heavy atom. The van der Waals surface area contributed by atoms with Crippen LogP contribution in [-0.4, -0.2) is 37.8 Å². The van der Waals surface area contributed by atoms with E-state index in [4.69, 9.17) is 14.2 Å². The summed E-state index contributed by atoms with van der Waals surface area (Å²) in [6.07, 6.45) is 1.97. The van der Waals surface area contributed by atoms with Crippen molar-refractivity contribution in [3.05, 3.63) is 102 Å². The van der Waals surface area contributed by atoms with E-state index in [0.717, 1.165) is 21.9 Å². The Hall–Kier alpha value is -4.85. The smallest absolute Gasteiger partial charge is 0.262 e. The second-order valence-corrected chi connectivity index (χ2v) is 10.4. The number of amides is 2. The molecule has 218 valence electrons. The zero-order valence-corrected chi connectivity index (χ0v) is 24.4. The Morgan fingerprint density at radius 2 is 1.64 bits per heavy atom. The topological polar surface area (TPSA) is 98.2 Å². The van der Waals surface area contributed by atoms with Crippen LogP contribution in [0, 0.1) is 12.8 Å². The first kappa shape index (κ1) is 30.1. The van der Waals surface area contributed by atoms with Crippen LogP contribution in [0.15, 0.2) is 90.0 Å². The second kappa shape index (κ2) is 14.7. The highest BCUT2D eigenvalue weighted by atomic mass is 16.5. The summed E-state index contributed by atoms with van der Waals surface area (Å²) in [5, 5.41) is 9.18. The molecular formula is C34H37N3O5. The first-order valence-electron chi connectivity index (χ1n) is 13.9. The van der Waals surface area contributed by atoms with Crippen molar-refractivity contribution < 1.29 is 23.8 Å². The maximum Gasteiger partial charge on any atom is 0.262 e. The number of benzene rings is 4. The fraction of sp³-hybridized carbons (Fsp3) is 0.265. The zero-order chi connectivity index (χ0) is 29.9. The number of rotatable bonds is 13. The normalized spacial score (nSPS) is 11.8. The predicted molar refractivity (Wildman–Crippen MR) is 165 cm³/mol. The molecule has 0 heterocycles. The van der Waals surface area contributed by atoms with Gasteiger partial charge in [-0.25, -0.2) is 5.43 Å². The van der Waals surface area contributed by atoms with Gasteiger partial charge in [0.15, 0.2) is 18.1 Å². The zero-order valence-electron chi connectivity index (χ0n) is 24.4. The molecule has 4 rings (SSSR count). The minimum atomic E-state index is -0.755. The van der Waals surface area contributed by atoms with Crippen LogP contribution >= 0.6 is 0 Å². The number of methoxy groups -OCH3 is 1. The molecule has 2 amide bonds. The highest BCUT2D eigenvalue weighted by Crippen LogP contribution is 2.29. The van der Waals surface area contributed by atoms with Crippen LogP contribution in [0.5, 0.6) is 17.2 Å². The van der Waals surface area contributed by atoms with Crippen molar-refractivity contribution in [2.24, 2.45) is 11.0 Å². The molecule has 0 aromatic heterocycles. The van der Waals surface area contributed by atoms with E-state index in [0.29, 0.717) is 35.8 Å². The molecule has 0 aliphatic heterocycles. The van der Waals surface area contributed by atoms with Gasteiger partial charge in [-0.2, -0.15) is 5.10 Å². The van der Waals surface area contributed by atoms with Crippen LogP contribution < -0.4 is 25.0 Å². The molecular weight excluding hydrogens is 530 g/mol. The van der Waals surface area contributed by atoms with Crippen molar-refractivity contribution in [2.45, 2.75) is 39.8 Å². The van der Waals surface area contributed by atoms with Gasteiger partial charge in [0.25, 0.3) is 11.8 Å². The van der Waals surface area contributed by atoms with E-state index in [1.165, 1.54) is 6.21 Å². The number of fused-ring (bicyclic) bond motifs is 1. The summed E-state index contributed by atoms with van der Waals surface area (Å²) in [7, 11) is 1.57. The summed E-state index contributed by atoms with van der Waals surface area (Å²) >= 11 is 0. The number of carbonyl (C=O) groups excluding carboxylic acids is 2. The van der Waals surface area contributed by atoms with Gasteiger partial charge in [0.2, 0.25) is 0 Å². The Morgan fingerprint density at radius 1 is 0.881 bits per heavy atom. The van der Waals surface area contributed by atoms with Crippen LogP contribution in [0.3, 0.4) is 0 Å². The summed E-state index contributed by atoms with van der Waals surface area (Å²) in [6.45, 7) is 6.07. The van der Waals surface area contributed by atoms with Crippen molar-refractivity contribution >= 4 is 28.8 Å². The molecule has 0 saturated heterocycles. The largest absolute Gasteiger partial charge is 0.493 e. The van der Waals surface area contributed by atoms with Crippen LogP contribution in [0.1, 0.15) is 37.0 Å². The van der Waals surface area contributed by atoms with Crippen molar-refractivity contribution in [3.8, 4) is 17.2 Å². The van der Waals surface area contributed by atoms with Gasteiger partial charge >= 0.3 is 0 Å². The summed E-state index contributed by atoms with van der Waals surface area (Å²) in [5.74, 6) is 1.15. The minimum absolute atomic E-state index is 0.174. The van der Waals surface area contributed by atoms with Crippen molar-refractivity contribution in [2.75, 3.05) is 13.7 Å². The monoisotopic (exact) mass is 567 g/mol. The Balaban J connectivity index is 1.34. The maximum absolute atomic E-state index is 12.9. The highest BCUT2D eigenvalue weighted by molar-refractivity contribution is 5.89. The quantitative estimate of drug-likeness (QED) is 0.157. The van der Waals surface area contributed by atoms with Gasteiger partial charge in [-0.1, -0.05) is 74.5 Å². The van der Waals surface area contributed by atoms with Gasteiger partial charge in [-0.15, -0.1) is 0 Å². The summed E-state index contributed by atoms with van der Waals surface area (Å²) < 4.78 is 17.3. The second-order valence-electron chi connectivity index (χ2n) is 10.4. The molecule has 0 radical (unpaired) electrons. The van der Waals surface area contributed by atoms with Gasteiger partial charge in [-0.05, 0) is 71.0 Å². The molecule has 42 heavy (non-hydrogen) atoms. The molecule has 0 saturated carbocycles. The SMILES string of the molecule is COc1cc(/C=N\NC(=O)[C@@H](CC(C)C)NC(=O)COc2ccccc2C)ccc1OCc1cccc2ccccc12. The number of aryl methyl sites for hydroxylation is 1. The molecule has 1 atom stereocenters. The number of carbonyl (C=O) groups is 2. The van der Waals surface area contributed by atoms with E-state index in [2.05, 4.69) is 34.0 Å². The van der Waals surface area contributed by atoms with Crippen LogP contribution in [0.2, 0.25) is 0 Å². The van der Waals surface area contributed by atoms with E-state index in [1.54, 1.807) is 19.2 Å². The summed E-state index contributed by atoms with van der Waals surface area (Å²) in [4.78, 5) is 25.4. The van der Waals surface area contributed by atoms with Crippen LogP contribution in [0.4, 0.5) is 0 Å². The van der Waals surface area contributed by atoms with E-state index < -0.39 is 11.9 Å². The van der Waals surface area contributed by atoms with Crippen molar-refractivity contribution in [1.29, 1.82) is 0 Å². The molecule has 4 aromatic rings. The van der Waals surface area contributed by atoms with Crippen molar-refractivity contribution in [3.63, 3.8) is 0 Å². The highest BCUT2D eigenvalue weighted by Gasteiger charge is 2.22. The molecule has 0 spiro atoms. The van der Waals surface area contributed by atoms with E-state index >= 15 is 0 Å². The minimum Gasteiger partial charge on any atom is -0.493 e. The van der Waals surface area contributed by atoms with Gasteiger partial charge in [0.05, 0.1) is 13.3 Å². The lowest BCUT2D eigenvalue weighted by atomic mass is 10.0. The summed E-state index contributed by atoms with van der Waals surface area (Å²) in [5.41, 5.74) is 5.26. The lowest BCUT2D eigenvalue weighted by Gasteiger charge is -2.19. The molecule has 0 aliphatic rings. The molecule has 2 N–H and O–H groups in total. The van der Waals surface area contributed by atoms with Crippen LogP contribution in [0.25, 0.3) is 10.8 Å². The molecule has 8 heteroatoms. The fourth-order valence-electron chi connectivity index (χ4n) is 4.51. The third-order valence-electron chi connectivity index (χ3n) is 6.65. The molecule has 4 aromatic carbocycles. The van der Waals surface area contributed by atoms with Gasteiger partial charge in [0, 0.05) is 0 Å². The van der Waals surface area contributed by atoms with Crippen molar-refractivity contribution in [1.82, 2.24) is 10.7 Å². The van der Waals surface area contributed by atoms with Gasteiger partial charge in [-0.3, -0.25) is 9.59 Å². The number of hydrogen-bond donors (Lipinski definition) is 2. The predicted octanol–water partition coefficient (Wildman–Crippen LogP) is 5.80. The average Bonchev–Trinajstić information content (AvgIpc) is 2.99. The van der Waals surface area contributed by atoms with E-state index in [9.17, 15) is 9.59 Å². The van der Waals surface area contributed by atoms with Gasteiger partial charge in [0.1, 0.15) is 18.4 Å². The van der Waals surface area contributed by atoms with Gasteiger partial charge < -0.3 is 19.5 Å². The van der Waals surface area contributed by atoms with E-state index in [-0.39, 0.29) is 18.4 Å². The standard InChI is InChI=1S/C34H37N3O5/c1-23(2)18-29(36-33(38)22-42-30-15-8-5-10-24(30)3)34(39)37-35-20-25-16-17-31(32(19-25)40-4)41-21-27-13-9-12-26-11-6-7-14-28(26)27/h5-17,19-20,23,29H,18,21-22H2,1-4H3,(H,36,38)(H,37,39)/b35-20-/t29-/m1/s1. The first-order valence-corrected chi connectivity index (χ1v) is 13.9. The lowest BCUT2D eigenvalue weighted by molar-refractivity contribution is -0.130. The number of nitrogens with one attached hydrogen (secondary N) is 2. The number of hydrazone groups is 1. The Labute approximate surface area is 246 Å². The maximum atomic E-state index is 12.9. The number of para-hydroxylation sites is 1. The average molecular weight is 568 g/mol. The number of nitrogens with zero attached hydrogens (tertiary/aromatic N) is 1. The number of hydrogen-bond acceptors (Lipinski definition) is 6. The molecule has 0 bridgehead atoms. The molecule has 0 fully saturated rings. The molecule has 0 aliphatic carbocycles. The third-order valence-corrected chi connectivity index (χ3v) is 6.65. The van der Waals surface area contributed by atoms with Crippen LogP contribution in [-0.2, 0) is 16.2 Å². The first-order chi connectivity index (χ1) is 20.3. The molecule has 0 unspecified atom stereocenters. The van der Waals surface area contributed by atoms with E-state index in [1.807, 2.05) is 75.4 Å². The fourth-order valence-corrected chi connectivity index (χ4v) is 4.51. The molecule has 8 nitrogen and oxygen atoms in total. The lowest BCUT2D eigenvalue weighted by Crippen LogP contribution is -2.47. The number of ether oxygens (including phenoxy) is 3. The Bertz CT molecular complexity index is 1540. The Kier molecular flexibility index (Phi) is 10.5. The third kappa shape index (κ3) is 8.33.